The van der Waals surface area contributed by atoms with Crippen LogP contribution in [0.5, 0.6) is 0 Å². The summed E-state index contributed by atoms with van der Waals surface area (Å²) in [6.45, 7) is 0.697. The van der Waals surface area contributed by atoms with Gasteiger partial charge >= 0.3 is 5.97 Å². The fourth-order valence-corrected chi connectivity index (χ4v) is 1.15. The number of carbonyl (C=O) groups excluding carboxylic acids is 1. The molecule has 1 fully saturated rings. The summed E-state index contributed by atoms with van der Waals surface area (Å²) in [6.07, 6.45) is 0.291. The third-order valence-electron chi connectivity index (χ3n) is 1.63. The molecule has 12 heavy (non-hydrogen) atoms. The lowest BCUT2D eigenvalue weighted by Gasteiger charge is -2.22. The zero-order chi connectivity index (χ0) is 9.03. The Morgan fingerprint density at radius 1 is 1.50 bits per heavy atom. The standard InChI is InChI=1S/C7H10O5/c8-2-1-7(5-6(9)10)11-3-4-12-7/h2H,1,3-5H2,(H,9,10). The summed E-state index contributed by atoms with van der Waals surface area (Å²) in [7, 11) is 0. The predicted molar refractivity (Wildman–Crippen MR) is 37.6 cm³/mol. The zero-order valence-electron chi connectivity index (χ0n) is 6.49. The van der Waals surface area contributed by atoms with Crippen LogP contribution >= 0.6 is 0 Å². The molecule has 1 rings (SSSR count). The first kappa shape index (κ1) is 9.15. The first-order valence-corrected chi connectivity index (χ1v) is 3.62. The molecule has 0 aliphatic carbocycles. The second kappa shape index (κ2) is 3.64. The highest BCUT2D eigenvalue weighted by molar-refractivity contribution is 5.68. The summed E-state index contributed by atoms with van der Waals surface area (Å²) in [4.78, 5) is 20.6. The van der Waals surface area contributed by atoms with Gasteiger partial charge in [-0.25, -0.2) is 0 Å². The lowest BCUT2D eigenvalue weighted by atomic mass is 10.1. The number of aldehydes is 1. The summed E-state index contributed by atoms with van der Waals surface area (Å²) >= 11 is 0. The molecule has 0 unspecified atom stereocenters. The molecule has 0 saturated carbocycles. The van der Waals surface area contributed by atoms with Crippen LogP contribution in [-0.4, -0.2) is 36.4 Å². The van der Waals surface area contributed by atoms with Gasteiger partial charge in [-0.05, 0) is 0 Å². The van der Waals surface area contributed by atoms with Crippen molar-refractivity contribution >= 4 is 12.3 Å². The molecule has 0 bridgehead atoms. The van der Waals surface area contributed by atoms with Crippen molar-refractivity contribution in [1.82, 2.24) is 0 Å². The van der Waals surface area contributed by atoms with Crippen LogP contribution in [0.1, 0.15) is 12.8 Å². The molecule has 1 heterocycles. The lowest BCUT2D eigenvalue weighted by molar-refractivity contribution is -0.180. The molecule has 0 aromatic carbocycles. The van der Waals surface area contributed by atoms with Crippen LogP contribution in [0.4, 0.5) is 0 Å². The van der Waals surface area contributed by atoms with E-state index in [1.807, 2.05) is 0 Å². The Bertz CT molecular complexity index is 182. The van der Waals surface area contributed by atoms with Crippen molar-refractivity contribution in [2.24, 2.45) is 0 Å². The van der Waals surface area contributed by atoms with E-state index in [9.17, 15) is 9.59 Å². The Morgan fingerprint density at radius 3 is 2.50 bits per heavy atom. The summed E-state index contributed by atoms with van der Waals surface area (Å²) in [5.41, 5.74) is 0. The van der Waals surface area contributed by atoms with Gasteiger partial charge in [-0.3, -0.25) is 4.79 Å². The van der Waals surface area contributed by atoms with E-state index >= 15 is 0 Å². The maximum Gasteiger partial charge on any atom is 0.308 e. The molecule has 1 aliphatic heterocycles. The van der Waals surface area contributed by atoms with Gasteiger partial charge < -0.3 is 19.4 Å². The molecule has 1 aliphatic rings. The predicted octanol–water partition coefficient (Wildman–Crippen LogP) is -0.207. The minimum absolute atomic E-state index is 0.0285. The topological polar surface area (TPSA) is 72.8 Å². The van der Waals surface area contributed by atoms with Crippen LogP contribution in [-0.2, 0) is 19.1 Å². The monoisotopic (exact) mass is 174 g/mol. The van der Waals surface area contributed by atoms with Crippen LogP contribution in [0.2, 0.25) is 0 Å². The largest absolute Gasteiger partial charge is 0.481 e. The van der Waals surface area contributed by atoms with E-state index in [4.69, 9.17) is 14.6 Å². The van der Waals surface area contributed by atoms with Crippen molar-refractivity contribution in [3.63, 3.8) is 0 Å². The van der Waals surface area contributed by atoms with Gasteiger partial charge in [0.15, 0.2) is 5.79 Å². The number of rotatable bonds is 4. The molecule has 1 N–H and O–H groups in total. The quantitative estimate of drug-likeness (QED) is 0.597. The molecule has 5 nitrogen and oxygen atoms in total. The number of aliphatic carboxylic acids is 1. The summed E-state index contributed by atoms with van der Waals surface area (Å²) < 4.78 is 10.1. The van der Waals surface area contributed by atoms with Gasteiger partial charge in [-0.1, -0.05) is 0 Å². The van der Waals surface area contributed by atoms with Crippen molar-refractivity contribution in [2.45, 2.75) is 18.6 Å². The number of carboxylic acids is 1. The Morgan fingerprint density at radius 2 is 2.08 bits per heavy atom. The smallest absolute Gasteiger partial charge is 0.308 e. The lowest BCUT2D eigenvalue weighted by Crippen LogP contribution is -2.33. The molecule has 0 amide bonds. The minimum Gasteiger partial charge on any atom is -0.481 e. The summed E-state index contributed by atoms with van der Waals surface area (Å²) in [5.74, 6) is -2.23. The fraction of sp³-hybridized carbons (Fsp3) is 0.714. The molecule has 0 aromatic rings. The molecular weight excluding hydrogens is 164 g/mol. The Balaban J connectivity index is 2.57. The molecule has 5 heteroatoms. The van der Waals surface area contributed by atoms with Crippen molar-refractivity contribution in [3.8, 4) is 0 Å². The Hall–Kier alpha value is -0.940. The van der Waals surface area contributed by atoms with Crippen LogP contribution in [0, 0.1) is 0 Å². The average molecular weight is 174 g/mol. The Kier molecular flexibility index (Phi) is 2.78. The first-order chi connectivity index (χ1) is 5.68. The molecule has 0 aromatic heterocycles. The highest BCUT2D eigenvalue weighted by atomic mass is 16.7. The fourth-order valence-electron chi connectivity index (χ4n) is 1.15. The van der Waals surface area contributed by atoms with Gasteiger partial charge in [-0.15, -0.1) is 0 Å². The average Bonchev–Trinajstić information content (AvgIpc) is 2.36. The number of ether oxygens (including phenoxy) is 2. The van der Waals surface area contributed by atoms with E-state index in [2.05, 4.69) is 0 Å². The van der Waals surface area contributed by atoms with Crippen LogP contribution < -0.4 is 0 Å². The van der Waals surface area contributed by atoms with Crippen LogP contribution in [0.25, 0.3) is 0 Å². The third-order valence-corrected chi connectivity index (χ3v) is 1.63. The van der Waals surface area contributed by atoms with Crippen molar-refractivity contribution in [3.05, 3.63) is 0 Å². The highest BCUT2D eigenvalue weighted by Crippen LogP contribution is 2.26. The normalized spacial score (nSPS) is 20.7. The van der Waals surface area contributed by atoms with Gasteiger partial charge in [0.2, 0.25) is 0 Å². The number of carboxylic acid groups (broad SMARTS) is 1. The first-order valence-electron chi connectivity index (χ1n) is 3.62. The van der Waals surface area contributed by atoms with Gasteiger partial charge in [0, 0.05) is 0 Å². The molecule has 0 atom stereocenters. The van der Waals surface area contributed by atoms with E-state index in [1.165, 1.54) is 0 Å². The SMILES string of the molecule is O=CCC1(CC(=O)O)OCCO1. The van der Waals surface area contributed by atoms with Crippen LogP contribution in [0.15, 0.2) is 0 Å². The Labute approximate surface area is 69.3 Å². The van der Waals surface area contributed by atoms with Gasteiger partial charge in [-0.2, -0.15) is 0 Å². The minimum atomic E-state index is -1.20. The molecule has 68 valence electrons. The van der Waals surface area contributed by atoms with Crippen LogP contribution in [0.3, 0.4) is 0 Å². The summed E-state index contributed by atoms with van der Waals surface area (Å²) in [6, 6.07) is 0. The van der Waals surface area contributed by atoms with Gasteiger partial charge in [0.25, 0.3) is 0 Å². The zero-order valence-corrected chi connectivity index (χ0v) is 6.49. The van der Waals surface area contributed by atoms with Crippen molar-refractivity contribution in [2.75, 3.05) is 13.2 Å². The third kappa shape index (κ3) is 2.02. The number of hydrogen-bond donors (Lipinski definition) is 1. The van der Waals surface area contributed by atoms with E-state index < -0.39 is 11.8 Å². The molecule has 0 spiro atoms. The van der Waals surface area contributed by atoms with Crippen molar-refractivity contribution < 1.29 is 24.2 Å². The molecule has 0 radical (unpaired) electrons. The maximum atomic E-state index is 10.4. The number of carbonyl (C=O) groups is 2. The van der Waals surface area contributed by atoms with E-state index in [1.54, 1.807) is 0 Å². The second-order valence-corrected chi connectivity index (χ2v) is 2.55. The maximum absolute atomic E-state index is 10.4. The van der Waals surface area contributed by atoms with E-state index in [0.717, 1.165) is 0 Å². The second-order valence-electron chi connectivity index (χ2n) is 2.55. The van der Waals surface area contributed by atoms with Crippen molar-refractivity contribution in [1.29, 1.82) is 0 Å². The van der Waals surface area contributed by atoms with E-state index in [-0.39, 0.29) is 12.8 Å². The highest BCUT2D eigenvalue weighted by Gasteiger charge is 2.38. The molecular formula is C7H10O5. The number of hydrogen-bond acceptors (Lipinski definition) is 4. The summed E-state index contributed by atoms with van der Waals surface area (Å²) in [5, 5.41) is 8.49. The van der Waals surface area contributed by atoms with Gasteiger partial charge in [0.05, 0.1) is 26.1 Å². The van der Waals surface area contributed by atoms with Gasteiger partial charge in [0.1, 0.15) is 6.29 Å². The molecule has 1 saturated heterocycles. The van der Waals surface area contributed by atoms with E-state index in [0.29, 0.717) is 19.5 Å².